The van der Waals surface area contributed by atoms with Gasteiger partial charge in [0.1, 0.15) is 17.1 Å². The minimum absolute atomic E-state index is 0.0325. The number of terminal acetylenes is 1. The van der Waals surface area contributed by atoms with Crippen molar-refractivity contribution in [2.45, 2.75) is 24.6 Å². The van der Waals surface area contributed by atoms with Gasteiger partial charge in [-0.2, -0.15) is 0 Å². The number of carbonyl (C=O) groups is 2. The largest absolute Gasteiger partial charge is 0.391 e. The van der Waals surface area contributed by atoms with Gasteiger partial charge in [0.05, 0.1) is 6.61 Å². The van der Waals surface area contributed by atoms with Gasteiger partial charge in [-0.1, -0.05) is 11.1 Å². The van der Waals surface area contributed by atoms with Crippen LogP contribution >= 0.6 is 23.1 Å². The van der Waals surface area contributed by atoms with Crippen LogP contribution in [0.3, 0.4) is 0 Å². The van der Waals surface area contributed by atoms with Crippen molar-refractivity contribution in [2.75, 3.05) is 18.1 Å². The standard InChI is InChI=1S/C21H20N6O4S2/c1-2-6-31-25-16(15-12-33-21(22)23-15)18(29)24-17-19(30)27-9-14(11-32-20(17)27)8-26-5-3-4-13(7-26)10-28/h1,3-5,7,9,12,17,20,28H,6,8,10-11H2,(H2-,22,23,24,29)/p+1/t17?,20-/m0/s1. The van der Waals surface area contributed by atoms with Crippen molar-refractivity contribution in [1.82, 2.24) is 15.2 Å². The van der Waals surface area contributed by atoms with Crippen LogP contribution in [-0.2, 0) is 27.6 Å². The maximum atomic E-state index is 12.9. The van der Waals surface area contributed by atoms with Gasteiger partial charge < -0.3 is 25.9 Å². The Hall–Kier alpha value is -3.40. The van der Waals surface area contributed by atoms with Crippen molar-refractivity contribution in [1.29, 1.82) is 0 Å². The molecule has 10 nitrogen and oxygen atoms in total. The van der Waals surface area contributed by atoms with E-state index >= 15 is 0 Å². The Morgan fingerprint density at radius 1 is 1.55 bits per heavy atom. The normalized spacial score (nSPS) is 19.8. The van der Waals surface area contributed by atoms with Crippen molar-refractivity contribution < 1.29 is 24.1 Å². The van der Waals surface area contributed by atoms with Gasteiger partial charge in [0, 0.05) is 34.5 Å². The number of amides is 2. The summed E-state index contributed by atoms with van der Waals surface area (Å²) in [6.45, 7) is 0.454. The smallest absolute Gasteiger partial charge is 0.276 e. The molecule has 0 aromatic carbocycles. The second kappa shape index (κ2) is 10.0. The number of nitrogens with zero attached hydrogens (tertiary/aromatic N) is 4. The van der Waals surface area contributed by atoms with E-state index < -0.39 is 11.9 Å². The molecule has 1 fully saturated rings. The molecule has 4 N–H and O–H groups in total. The van der Waals surface area contributed by atoms with Crippen LogP contribution in [0.1, 0.15) is 11.3 Å². The Morgan fingerprint density at radius 2 is 2.39 bits per heavy atom. The lowest BCUT2D eigenvalue weighted by Gasteiger charge is -2.47. The number of β-lactam (4-membered cyclic amide) rings is 1. The number of hydrogen-bond donors (Lipinski definition) is 3. The van der Waals surface area contributed by atoms with Crippen LogP contribution < -0.4 is 15.6 Å². The van der Waals surface area contributed by atoms with E-state index in [9.17, 15) is 14.7 Å². The first-order chi connectivity index (χ1) is 16.0. The number of nitrogens with two attached hydrogens (primary N) is 1. The number of fused-ring (bicyclic) bond motifs is 1. The Labute approximate surface area is 198 Å². The number of rotatable bonds is 8. The molecule has 2 atom stereocenters. The lowest BCUT2D eigenvalue weighted by Crippen LogP contribution is -2.69. The topological polar surface area (TPSA) is 134 Å². The number of nitrogens with one attached hydrogen (secondary N) is 1. The highest BCUT2D eigenvalue weighted by atomic mass is 32.2. The highest BCUT2D eigenvalue weighted by Gasteiger charge is 2.50. The van der Waals surface area contributed by atoms with Crippen LogP contribution in [0.15, 0.2) is 46.8 Å². The summed E-state index contributed by atoms with van der Waals surface area (Å²) in [6.07, 6.45) is 10.8. The third-order valence-electron chi connectivity index (χ3n) is 4.90. The average molecular weight is 486 g/mol. The Morgan fingerprint density at radius 3 is 3.12 bits per heavy atom. The molecule has 1 saturated heterocycles. The molecule has 2 aromatic heterocycles. The third-order valence-corrected chi connectivity index (χ3v) is 6.95. The molecule has 0 aliphatic carbocycles. The second-order valence-corrected chi connectivity index (χ2v) is 9.21. The van der Waals surface area contributed by atoms with Gasteiger partial charge in [-0.3, -0.25) is 9.59 Å². The van der Waals surface area contributed by atoms with E-state index in [2.05, 4.69) is 21.4 Å². The van der Waals surface area contributed by atoms with E-state index in [-0.39, 0.29) is 41.0 Å². The summed E-state index contributed by atoms with van der Waals surface area (Å²) in [5.74, 6) is 2.16. The van der Waals surface area contributed by atoms with Crippen LogP contribution in [-0.4, -0.2) is 56.3 Å². The number of hydrogen-bond acceptors (Lipinski definition) is 9. The minimum atomic E-state index is -0.695. The molecule has 2 aromatic rings. The number of thioether (sulfide) groups is 1. The zero-order chi connectivity index (χ0) is 23.4. The van der Waals surface area contributed by atoms with E-state index in [0.717, 1.165) is 22.5 Å². The van der Waals surface area contributed by atoms with Crippen molar-refractivity contribution >= 4 is 45.8 Å². The summed E-state index contributed by atoms with van der Waals surface area (Å²) in [7, 11) is 0. The zero-order valence-electron chi connectivity index (χ0n) is 17.4. The van der Waals surface area contributed by atoms with Crippen molar-refractivity contribution in [3.63, 3.8) is 0 Å². The number of aliphatic hydroxyl groups excluding tert-OH is 1. The Bertz CT molecular complexity index is 1170. The van der Waals surface area contributed by atoms with E-state index in [4.69, 9.17) is 17.0 Å². The molecule has 0 spiro atoms. The second-order valence-electron chi connectivity index (χ2n) is 7.22. The molecule has 4 rings (SSSR count). The molecule has 2 aliphatic heterocycles. The number of aliphatic hydroxyl groups is 1. The molecule has 2 amide bonds. The van der Waals surface area contributed by atoms with E-state index in [1.807, 2.05) is 35.3 Å². The summed E-state index contributed by atoms with van der Waals surface area (Å²) in [5, 5.41) is 17.5. The predicted molar refractivity (Wildman–Crippen MR) is 124 cm³/mol. The number of anilines is 1. The van der Waals surface area contributed by atoms with Crippen LogP contribution in [0, 0.1) is 12.3 Å². The molecule has 4 heterocycles. The SMILES string of the molecule is C#CCON=C(C(=O)NC1C(=O)N2C=C(C[n+]3cccc(CO)c3)CS[C@@H]12)c1csc(N)n1. The first-order valence-corrected chi connectivity index (χ1v) is 11.8. The van der Waals surface area contributed by atoms with Gasteiger partial charge in [-0.15, -0.1) is 29.5 Å². The molecule has 33 heavy (non-hydrogen) atoms. The summed E-state index contributed by atoms with van der Waals surface area (Å²) in [6, 6.07) is 3.02. The number of oxime groups is 1. The van der Waals surface area contributed by atoms with E-state index in [0.29, 0.717) is 12.3 Å². The van der Waals surface area contributed by atoms with Gasteiger partial charge in [0.2, 0.25) is 0 Å². The number of pyridine rings is 1. The van der Waals surface area contributed by atoms with Crippen LogP contribution in [0.4, 0.5) is 5.13 Å². The van der Waals surface area contributed by atoms with Gasteiger partial charge >= 0.3 is 0 Å². The zero-order valence-corrected chi connectivity index (χ0v) is 19.0. The third kappa shape index (κ3) is 5.00. The molecular weight excluding hydrogens is 464 g/mol. The summed E-state index contributed by atoms with van der Waals surface area (Å²) in [4.78, 5) is 36.3. The lowest BCUT2D eigenvalue weighted by molar-refractivity contribution is -0.689. The molecule has 2 aliphatic rings. The van der Waals surface area contributed by atoms with Gasteiger partial charge in [-0.25, -0.2) is 9.55 Å². The minimum Gasteiger partial charge on any atom is -0.391 e. The average Bonchev–Trinajstić information content (AvgIpc) is 3.26. The van der Waals surface area contributed by atoms with Gasteiger partial charge in [0.25, 0.3) is 11.8 Å². The molecule has 0 bridgehead atoms. The van der Waals surface area contributed by atoms with Gasteiger partial charge in [0.15, 0.2) is 36.4 Å². The van der Waals surface area contributed by atoms with E-state index in [1.54, 1.807) is 22.0 Å². The Kier molecular flexibility index (Phi) is 6.93. The van der Waals surface area contributed by atoms with Crippen molar-refractivity contribution in [2.24, 2.45) is 5.16 Å². The van der Waals surface area contributed by atoms with Gasteiger partial charge in [-0.05, 0) is 6.07 Å². The summed E-state index contributed by atoms with van der Waals surface area (Å²) >= 11 is 2.72. The first-order valence-electron chi connectivity index (χ1n) is 9.88. The summed E-state index contributed by atoms with van der Waals surface area (Å²) < 4.78 is 1.96. The summed E-state index contributed by atoms with van der Waals surface area (Å²) in [5.41, 5.74) is 7.68. The molecule has 1 unspecified atom stereocenters. The predicted octanol–water partition coefficient (Wildman–Crippen LogP) is -0.157. The van der Waals surface area contributed by atoms with E-state index in [1.165, 1.54) is 0 Å². The quantitative estimate of drug-likeness (QED) is 0.118. The Balaban J connectivity index is 1.42. The van der Waals surface area contributed by atoms with Crippen molar-refractivity contribution in [3.8, 4) is 12.3 Å². The number of nitrogen functional groups attached to an aromatic ring is 1. The fraction of sp³-hybridized carbons (Fsp3) is 0.286. The fourth-order valence-corrected chi connectivity index (χ4v) is 5.19. The maximum Gasteiger partial charge on any atom is 0.276 e. The molecular formula is C21H21N6O4S2+. The first kappa shape index (κ1) is 22.8. The molecule has 12 heteroatoms. The van der Waals surface area contributed by atoms with Crippen LogP contribution in [0.5, 0.6) is 0 Å². The number of thiazole rings is 1. The maximum absolute atomic E-state index is 12.9. The fourth-order valence-electron chi connectivity index (χ4n) is 3.39. The highest BCUT2D eigenvalue weighted by molar-refractivity contribution is 8.00. The monoisotopic (exact) mass is 485 g/mol. The number of aromatic nitrogens is 2. The highest BCUT2D eigenvalue weighted by Crippen LogP contribution is 2.36. The molecule has 0 saturated carbocycles. The molecule has 0 radical (unpaired) electrons. The van der Waals surface area contributed by atoms with Crippen LogP contribution in [0.25, 0.3) is 0 Å². The molecule has 170 valence electrons. The van der Waals surface area contributed by atoms with Crippen molar-refractivity contribution in [3.05, 3.63) is 52.9 Å². The lowest BCUT2D eigenvalue weighted by atomic mass is 10.1. The van der Waals surface area contributed by atoms with Crippen LogP contribution in [0.2, 0.25) is 0 Å². The number of carbonyl (C=O) groups excluding carboxylic acids is 2.